The van der Waals surface area contributed by atoms with Crippen molar-refractivity contribution in [3.05, 3.63) is 71.8 Å². The number of rotatable bonds is 11. The number of carbonyl (C=O) groups excluding carboxylic acids is 3. The van der Waals surface area contributed by atoms with Gasteiger partial charge in [0.2, 0.25) is 5.91 Å². The molecule has 3 rings (SSSR count). The van der Waals surface area contributed by atoms with Gasteiger partial charge in [0.25, 0.3) is 0 Å². The minimum Gasteiger partial charge on any atom is -0.469 e. The SMILES string of the molecule is C.COC(=O)CC[C@@H](COC(=O)Nc1cc(-c2ccccc2)on1)N(C)C(=O)CCc1cccc(F)c1F. The number of benzene rings is 2. The zero-order chi connectivity index (χ0) is 26.8. The number of hydrogen-bond acceptors (Lipinski definition) is 7. The number of likely N-dealkylation sites (N-methyl/N-ethyl adjacent to an activating group) is 1. The summed E-state index contributed by atoms with van der Waals surface area (Å²) in [5.41, 5.74) is 0.850. The van der Waals surface area contributed by atoms with Crippen LogP contribution in [0.25, 0.3) is 11.3 Å². The number of methoxy groups -OCH3 is 1. The van der Waals surface area contributed by atoms with Gasteiger partial charge in [-0.1, -0.05) is 55.0 Å². The van der Waals surface area contributed by atoms with E-state index in [2.05, 4.69) is 15.2 Å². The second-order valence-corrected chi connectivity index (χ2v) is 8.15. The molecule has 0 saturated carbocycles. The maximum absolute atomic E-state index is 13.9. The summed E-state index contributed by atoms with van der Waals surface area (Å²) in [5.74, 6) is -2.29. The predicted octanol–water partition coefficient (Wildman–Crippen LogP) is 5.22. The van der Waals surface area contributed by atoms with E-state index in [1.54, 1.807) is 0 Å². The van der Waals surface area contributed by atoms with Gasteiger partial charge < -0.3 is 18.9 Å². The third-order valence-electron chi connectivity index (χ3n) is 5.70. The number of nitrogens with zero attached hydrogens (tertiary/aromatic N) is 2. The summed E-state index contributed by atoms with van der Waals surface area (Å²) < 4.78 is 42.5. The zero-order valence-corrected chi connectivity index (χ0v) is 20.4. The number of hydrogen-bond donors (Lipinski definition) is 1. The number of amides is 2. The fraction of sp³-hybridized carbons (Fsp3) is 0.333. The summed E-state index contributed by atoms with van der Waals surface area (Å²) in [4.78, 5) is 38.1. The molecule has 1 heterocycles. The van der Waals surface area contributed by atoms with E-state index in [0.29, 0.717) is 5.76 Å². The second kappa shape index (κ2) is 14.5. The molecule has 0 spiro atoms. The Kier molecular flexibility index (Phi) is 11.4. The summed E-state index contributed by atoms with van der Waals surface area (Å²) in [7, 11) is 2.72. The molecule has 0 aliphatic rings. The fourth-order valence-electron chi connectivity index (χ4n) is 3.52. The number of carbonyl (C=O) groups is 3. The van der Waals surface area contributed by atoms with Crippen molar-refractivity contribution in [1.82, 2.24) is 10.1 Å². The molecule has 3 aromatic rings. The largest absolute Gasteiger partial charge is 0.469 e. The summed E-state index contributed by atoms with van der Waals surface area (Å²) >= 11 is 0. The highest BCUT2D eigenvalue weighted by atomic mass is 19.2. The number of aryl methyl sites for hydroxylation is 1. The van der Waals surface area contributed by atoms with Crippen LogP contribution in [0.5, 0.6) is 0 Å². The first-order valence-electron chi connectivity index (χ1n) is 11.5. The molecule has 9 nitrogen and oxygen atoms in total. The van der Waals surface area contributed by atoms with Crippen LogP contribution in [0.2, 0.25) is 0 Å². The first kappa shape index (κ1) is 29.9. The molecule has 0 unspecified atom stereocenters. The molecule has 2 aromatic carbocycles. The van der Waals surface area contributed by atoms with Crippen molar-refractivity contribution in [2.24, 2.45) is 0 Å². The van der Waals surface area contributed by atoms with Crippen molar-refractivity contribution < 1.29 is 37.2 Å². The van der Waals surface area contributed by atoms with Crippen LogP contribution in [0.1, 0.15) is 32.3 Å². The van der Waals surface area contributed by atoms with Crippen LogP contribution in [0.15, 0.2) is 59.1 Å². The van der Waals surface area contributed by atoms with Crippen molar-refractivity contribution in [3.63, 3.8) is 0 Å². The Hall–Kier alpha value is -4.28. The number of anilines is 1. The predicted molar refractivity (Wildman–Crippen MR) is 136 cm³/mol. The first-order valence-corrected chi connectivity index (χ1v) is 11.5. The van der Waals surface area contributed by atoms with Crippen LogP contribution in [0.4, 0.5) is 19.4 Å². The van der Waals surface area contributed by atoms with Crippen LogP contribution in [0, 0.1) is 11.6 Å². The van der Waals surface area contributed by atoms with E-state index in [1.165, 1.54) is 37.3 Å². The van der Waals surface area contributed by atoms with Gasteiger partial charge in [-0.2, -0.15) is 0 Å². The molecule has 38 heavy (non-hydrogen) atoms. The molecule has 0 aliphatic heterocycles. The molecule has 0 fully saturated rings. The Labute approximate surface area is 219 Å². The lowest BCUT2D eigenvalue weighted by Gasteiger charge is -2.28. The van der Waals surface area contributed by atoms with Crippen molar-refractivity contribution in [2.75, 3.05) is 26.1 Å². The van der Waals surface area contributed by atoms with Gasteiger partial charge in [0.15, 0.2) is 23.2 Å². The van der Waals surface area contributed by atoms with Crippen LogP contribution in [0.3, 0.4) is 0 Å². The van der Waals surface area contributed by atoms with E-state index in [4.69, 9.17) is 9.26 Å². The number of aromatic nitrogens is 1. The van der Waals surface area contributed by atoms with E-state index < -0.39 is 35.6 Å². The highest BCUT2D eigenvalue weighted by Gasteiger charge is 2.24. The van der Waals surface area contributed by atoms with E-state index in [0.717, 1.165) is 11.6 Å². The van der Waals surface area contributed by atoms with Gasteiger partial charge in [0.1, 0.15) is 6.61 Å². The maximum atomic E-state index is 13.9. The van der Waals surface area contributed by atoms with Crippen molar-refractivity contribution in [2.45, 2.75) is 39.2 Å². The van der Waals surface area contributed by atoms with Crippen molar-refractivity contribution in [1.29, 1.82) is 0 Å². The molecule has 2 amide bonds. The minimum atomic E-state index is -0.997. The van der Waals surface area contributed by atoms with Crippen LogP contribution < -0.4 is 5.32 Å². The molecule has 0 aliphatic carbocycles. The smallest absolute Gasteiger partial charge is 0.412 e. The number of halogens is 2. The Balaban J connectivity index is 0.00000507. The van der Waals surface area contributed by atoms with Gasteiger partial charge in [-0.3, -0.25) is 14.9 Å². The number of ether oxygens (including phenoxy) is 2. The van der Waals surface area contributed by atoms with Gasteiger partial charge in [0.05, 0.1) is 13.2 Å². The molecule has 204 valence electrons. The fourth-order valence-corrected chi connectivity index (χ4v) is 3.52. The molecule has 1 aromatic heterocycles. The quantitative estimate of drug-likeness (QED) is 0.338. The van der Waals surface area contributed by atoms with E-state index in [-0.39, 0.29) is 51.1 Å². The van der Waals surface area contributed by atoms with Crippen LogP contribution >= 0.6 is 0 Å². The highest BCUT2D eigenvalue weighted by molar-refractivity contribution is 5.84. The van der Waals surface area contributed by atoms with Gasteiger partial charge >= 0.3 is 12.1 Å². The zero-order valence-electron chi connectivity index (χ0n) is 20.4. The standard InChI is InChI=1S/C26H27F2N3O6.CH4/c1-31(23(32)13-11-18-9-6-10-20(27)25(18)28)19(12-14-24(33)35-2)16-36-26(34)29-22-15-21(37-30-22)17-7-4-3-5-8-17;/h3-10,15,19H,11-14,16H2,1-2H3,(H,29,30,34);1H4/t19-;/m0./s1. The van der Waals surface area contributed by atoms with E-state index in [9.17, 15) is 23.2 Å². The summed E-state index contributed by atoms with van der Waals surface area (Å²) in [6.45, 7) is -0.233. The lowest BCUT2D eigenvalue weighted by molar-refractivity contribution is -0.142. The Morgan fingerprint density at radius 2 is 1.82 bits per heavy atom. The Morgan fingerprint density at radius 3 is 2.53 bits per heavy atom. The number of esters is 1. The van der Waals surface area contributed by atoms with E-state index >= 15 is 0 Å². The Bertz CT molecular complexity index is 1220. The molecule has 1 atom stereocenters. The average molecular weight is 532 g/mol. The third-order valence-corrected chi connectivity index (χ3v) is 5.70. The normalized spacial score (nSPS) is 11.2. The maximum Gasteiger partial charge on any atom is 0.412 e. The average Bonchev–Trinajstić information content (AvgIpc) is 3.37. The minimum absolute atomic E-state index is 0. The molecule has 0 bridgehead atoms. The lowest BCUT2D eigenvalue weighted by atomic mass is 10.1. The molecule has 11 heteroatoms. The van der Waals surface area contributed by atoms with Gasteiger partial charge in [-0.05, 0) is 24.5 Å². The van der Waals surface area contributed by atoms with Gasteiger partial charge in [-0.25, -0.2) is 13.6 Å². The molecular weight excluding hydrogens is 500 g/mol. The summed E-state index contributed by atoms with van der Waals surface area (Å²) in [6.07, 6.45) is -0.837. The summed E-state index contributed by atoms with van der Waals surface area (Å²) in [6, 6.07) is 13.8. The Morgan fingerprint density at radius 1 is 1.08 bits per heavy atom. The van der Waals surface area contributed by atoms with Gasteiger partial charge in [0, 0.05) is 31.5 Å². The number of nitrogens with one attached hydrogen (secondary N) is 1. The second-order valence-electron chi connectivity index (χ2n) is 8.15. The third kappa shape index (κ3) is 8.39. The topological polar surface area (TPSA) is 111 Å². The van der Waals surface area contributed by atoms with Crippen molar-refractivity contribution in [3.8, 4) is 11.3 Å². The molecule has 0 radical (unpaired) electrons. The van der Waals surface area contributed by atoms with Gasteiger partial charge in [-0.15, -0.1) is 0 Å². The summed E-state index contributed by atoms with van der Waals surface area (Å²) in [5, 5.41) is 6.24. The molecule has 1 N–H and O–H groups in total. The monoisotopic (exact) mass is 531 g/mol. The highest BCUT2D eigenvalue weighted by Crippen LogP contribution is 2.22. The molecular formula is C27H31F2N3O6. The van der Waals surface area contributed by atoms with Crippen LogP contribution in [-0.2, 0) is 25.5 Å². The van der Waals surface area contributed by atoms with Crippen molar-refractivity contribution >= 4 is 23.8 Å². The molecule has 0 saturated heterocycles. The first-order chi connectivity index (χ1) is 17.8. The van der Waals surface area contributed by atoms with Crippen LogP contribution in [-0.4, -0.2) is 54.8 Å². The van der Waals surface area contributed by atoms with E-state index in [1.807, 2.05) is 30.3 Å². The lowest BCUT2D eigenvalue weighted by Crippen LogP contribution is -2.41.